The Hall–Kier alpha value is -1.36. The molecule has 3 atom stereocenters. The van der Waals surface area contributed by atoms with E-state index >= 15 is 0 Å². The maximum Gasteiger partial charge on any atom is 0.308 e. The number of hydrogen-bond acceptors (Lipinski definition) is 2. The maximum atomic E-state index is 12.5. The van der Waals surface area contributed by atoms with E-state index in [0.29, 0.717) is 25.4 Å². The third kappa shape index (κ3) is 3.12. The van der Waals surface area contributed by atoms with Gasteiger partial charge in [0.2, 0.25) is 5.91 Å². The SMILES string of the molecule is O=C(O)C1CCCN(C(=O)C2CC2c2ccc(Br)cc2)C1. The molecule has 2 aliphatic rings. The van der Waals surface area contributed by atoms with E-state index in [1.807, 2.05) is 12.1 Å². The predicted molar refractivity (Wildman–Crippen MR) is 81.9 cm³/mol. The van der Waals surface area contributed by atoms with Crippen molar-refractivity contribution in [1.82, 2.24) is 4.90 Å². The van der Waals surface area contributed by atoms with E-state index in [1.54, 1.807) is 4.90 Å². The summed E-state index contributed by atoms with van der Waals surface area (Å²) in [6, 6.07) is 8.10. The molecular weight excluding hydrogens is 334 g/mol. The Morgan fingerprint density at radius 3 is 2.62 bits per heavy atom. The standard InChI is InChI=1S/C16H18BrNO3/c17-12-5-3-10(4-6-12)13-8-14(13)15(19)18-7-1-2-11(9-18)16(20)21/h3-6,11,13-14H,1-2,7-9H2,(H,20,21). The van der Waals surface area contributed by atoms with Gasteiger partial charge in [-0.25, -0.2) is 0 Å². The number of likely N-dealkylation sites (tertiary alicyclic amines) is 1. The highest BCUT2D eigenvalue weighted by Crippen LogP contribution is 2.48. The van der Waals surface area contributed by atoms with Gasteiger partial charge in [-0.3, -0.25) is 9.59 Å². The topological polar surface area (TPSA) is 57.6 Å². The minimum Gasteiger partial charge on any atom is -0.481 e. The summed E-state index contributed by atoms with van der Waals surface area (Å²) in [7, 11) is 0. The number of nitrogens with zero attached hydrogens (tertiary/aromatic N) is 1. The first-order valence-corrected chi connectivity index (χ1v) is 8.12. The molecule has 112 valence electrons. The molecule has 21 heavy (non-hydrogen) atoms. The molecule has 0 radical (unpaired) electrons. The van der Waals surface area contributed by atoms with E-state index in [9.17, 15) is 9.59 Å². The quantitative estimate of drug-likeness (QED) is 0.910. The number of amides is 1. The summed E-state index contributed by atoms with van der Waals surface area (Å²) in [6.07, 6.45) is 2.35. The number of benzene rings is 1. The third-order valence-corrected chi connectivity index (χ3v) is 5.02. The fourth-order valence-electron chi connectivity index (χ4n) is 3.16. The number of carbonyl (C=O) groups is 2. The molecule has 2 fully saturated rings. The van der Waals surface area contributed by atoms with Crippen LogP contribution in [0.15, 0.2) is 28.7 Å². The molecule has 5 heteroatoms. The van der Waals surface area contributed by atoms with Crippen LogP contribution in [0.4, 0.5) is 0 Å². The molecule has 0 aromatic heterocycles. The number of piperidine rings is 1. The van der Waals surface area contributed by atoms with E-state index in [4.69, 9.17) is 5.11 Å². The molecule has 3 rings (SSSR count). The van der Waals surface area contributed by atoms with E-state index in [-0.39, 0.29) is 11.8 Å². The summed E-state index contributed by atoms with van der Waals surface area (Å²) in [5.74, 6) is -0.705. The van der Waals surface area contributed by atoms with Gasteiger partial charge in [-0.15, -0.1) is 0 Å². The van der Waals surface area contributed by atoms with Crippen LogP contribution in [0, 0.1) is 11.8 Å². The Kier molecular flexibility index (Phi) is 4.02. The molecule has 1 saturated heterocycles. The lowest BCUT2D eigenvalue weighted by Crippen LogP contribution is -2.43. The minimum absolute atomic E-state index is 0.0405. The maximum absolute atomic E-state index is 12.5. The molecule has 1 aliphatic heterocycles. The lowest BCUT2D eigenvalue weighted by atomic mass is 9.97. The molecule has 1 N–H and O–H groups in total. The van der Waals surface area contributed by atoms with Crippen LogP contribution in [-0.2, 0) is 9.59 Å². The fraction of sp³-hybridized carbons (Fsp3) is 0.500. The third-order valence-electron chi connectivity index (χ3n) is 4.49. The van der Waals surface area contributed by atoms with Crippen molar-refractivity contribution in [2.75, 3.05) is 13.1 Å². The zero-order valence-corrected chi connectivity index (χ0v) is 13.3. The van der Waals surface area contributed by atoms with Crippen LogP contribution in [0.3, 0.4) is 0 Å². The van der Waals surface area contributed by atoms with Crippen molar-refractivity contribution < 1.29 is 14.7 Å². The second-order valence-electron chi connectivity index (χ2n) is 5.96. The van der Waals surface area contributed by atoms with Gasteiger partial charge in [-0.1, -0.05) is 28.1 Å². The summed E-state index contributed by atoms with van der Waals surface area (Å²) < 4.78 is 1.04. The van der Waals surface area contributed by atoms with Crippen LogP contribution in [0.2, 0.25) is 0 Å². The zero-order chi connectivity index (χ0) is 15.0. The van der Waals surface area contributed by atoms with Crippen molar-refractivity contribution in [3.05, 3.63) is 34.3 Å². The van der Waals surface area contributed by atoms with Gasteiger partial charge in [0.05, 0.1) is 5.92 Å². The fourth-order valence-corrected chi connectivity index (χ4v) is 3.42. The van der Waals surface area contributed by atoms with E-state index in [0.717, 1.165) is 17.3 Å². The summed E-state index contributed by atoms with van der Waals surface area (Å²) >= 11 is 3.41. The summed E-state index contributed by atoms with van der Waals surface area (Å²) in [6.45, 7) is 1.07. The van der Waals surface area contributed by atoms with Crippen molar-refractivity contribution in [2.24, 2.45) is 11.8 Å². The number of aliphatic carboxylic acids is 1. The second-order valence-corrected chi connectivity index (χ2v) is 6.88. The lowest BCUT2D eigenvalue weighted by molar-refractivity contribution is -0.146. The lowest BCUT2D eigenvalue weighted by Gasteiger charge is -2.31. The van der Waals surface area contributed by atoms with Crippen molar-refractivity contribution in [2.45, 2.75) is 25.2 Å². The minimum atomic E-state index is -0.784. The molecule has 0 spiro atoms. The van der Waals surface area contributed by atoms with Crippen LogP contribution < -0.4 is 0 Å². The highest BCUT2D eigenvalue weighted by molar-refractivity contribution is 9.10. The van der Waals surface area contributed by atoms with Crippen molar-refractivity contribution in [3.63, 3.8) is 0 Å². The molecule has 1 aliphatic carbocycles. The van der Waals surface area contributed by atoms with Crippen LogP contribution in [0.25, 0.3) is 0 Å². The van der Waals surface area contributed by atoms with Gasteiger partial charge in [0.1, 0.15) is 0 Å². The van der Waals surface area contributed by atoms with E-state index in [1.165, 1.54) is 5.56 Å². The monoisotopic (exact) mass is 351 g/mol. The first-order chi connectivity index (χ1) is 10.1. The van der Waals surface area contributed by atoms with Crippen LogP contribution in [-0.4, -0.2) is 35.0 Å². The summed E-state index contributed by atoms with van der Waals surface area (Å²) in [5.41, 5.74) is 1.20. The Labute approximate surface area is 132 Å². The first-order valence-electron chi connectivity index (χ1n) is 7.33. The average molecular weight is 352 g/mol. The Balaban J connectivity index is 1.62. The number of hydrogen-bond donors (Lipinski definition) is 1. The number of halogens is 1. The van der Waals surface area contributed by atoms with Gasteiger partial charge in [-0.05, 0) is 42.9 Å². The molecule has 0 bridgehead atoms. The Bertz CT molecular complexity index is 557. The summed E-state index contributed by atoms with van der Waals surface area (Å²) in [5, 5.41) is 9.11. The smallest absolute Gasteiger partial charge is 0.308 e. The Morgan fingerprint density at radius 1 is 1.24 bits per heavy atom. The molecule has 4 nitrogen and oxygen atoms in total. The molecule has 1 aromatic carbocycles. The molecular formula is C16H18BrNO3. The van der Waals surface area contributed by atoms with Gasteiger partial charge in [0.15, 0.2) is 0 Å². The van der Waals surface area contributed by atoms with Crippen LogP contribution in [0.1, 0.15) is 30.7 Å². The van der Waals surface area contributed by atoms with Gasteiger partial charge in [0, 0.05) is 23.5 Å². The van der Waals surface area contributed by atoms with E-state index in [2.05, 4.69) is 28.1 Å². The number of carbonyl (C=O) groups excluding carboxylic acids is 1. The molecule has 3 unspecified atom stereocenters. The predicted octanol–water partition coefficient (Wildman–Crippen LogP) is 2.88. The van der Waals surface area contributed by atoms with Crippen molar-refractivity contribution >= 4 is 27.8 Å². The Morgan fingerprint density at radius 2 is 1.95 bits per heavy atom. The number of rotatable bonds is 3. The van der Waals surface area contributed by atoms with E-state index < -0.39 is 11.9 Å². The van der Waals surface area contributed by atoms with Gasteiger partial charge in [-0.2, -0.15) is 0 Å². The van der Waals surface area contributed by atoms with Gasteiger partial charge < -0.3 is 10.0 Å². The molecule has 1 aromatic rings. The number of carboxylic acids is 1. The molecule has 1 saturated carbocycles. The van der Waals surface area contributed by atoms with Crippen molar-refractivity contribution in [3.8, 4) is 0 Å². The zero-order valence-electron chi connectivity index (χ0n) is 11.7. The second kappa shape index (κ2) is 5.79. The van der Waals surface area contributed by atoms with Crippen LogP contribution >= 0.6 is 15.9 Å². The molecule has 1 amide bonds. The highest BCUT2D eigenvalue weighted by atomic mass is 79.9. The number of carboxylic acid groups (broad SMARTS) is 1. The van der Waals surface area contributed by atoms with Gasteiger partial charge in [0.25, 0.3) is 0 Å². The summed E-state index contributed by atoms with van der Waals surface area (Å²) in [4.78, 5) is 25.3. The molecule has 1 heterocycles. The highest BCUT2D eigenvalue weighted by Gasteiger charge is 2.46. The van der Waals surface area contributed by atoms with Gasteiger partial charge >= 0.3 is 5.97 Å². The normalized spacial score (nSPS) is 28.2. The van der Waals surface area contributed by atoms with Crippen LogP contribution in [0.5, 0.6) is 0 Å². The van der Waals surface area contributed by atoms with Crippen molar-refractivity contribution in [1.29, 1.82) is 0 Å². The first kappa shape index (κ1) is 14.6. The largest absolute Gasteiger partial charge is 0.481 e. The average Bonchev–Trinajstić information content (AvgIpc) is 3.28.